The fourth-order valence-corrected chi connectivity index (χ4v) is 8.93. The summed E-state index contributed by atoms with van der Waals surface area (Å²) in [4.78, 5) is 25.2. The largest absolute Gasteiger partial charge is 0.415 e. The summed E-state index contributed by atoms with van der Waals surface area (Å²) in [5, 5.41) is 0. The first-order valence-corrected chi connectivity index (χ1v) is 27.1. The van der Waals surface area contributed by atoms with Crippen molar-refractivity contribution < 1.29 is 18.0 Å². The second-order valence-electron chi connectivity index (χ2n) is 14.3. The summed E-state index contributed by atoms with van der Waals surface area (Å²) in [5.74, 6) is 0.623. The standard InChI is InChI=1S/C24H49N5O5Si4/c1-27(2)24-26-21-18(22(30)29(24)35(3,4)5)25-16-28(21)23-20(34-38(12,13)14)19(33-37(9,10)11)17(32-23)15-31-36(6,7)8/h16-17,19-20,23H,15H2,1-14H3/t17-,19-,20-,23-/m1/s1. The van der Waals surface area contributed by atoms with Crippen molar-refractivity contribution in [2.75, 3.05) is 25.6 Å². The molecule has 38 heavy (non-hydrogen) atoms. The molecule has 2 aromatic heterocycles. The van der Waals surface area contributed by atoms with Gasteiger partial charge in [-0.2, -0.15) is 4.98 Å². The lowest BCUT2D eigenvalue weighted by Gasteiger charge is -2.34. The van der Waals surface area contributed by atoms with E-state index in [-0.39, 0.29) is 23.9 Å². The van der Waals surface area contributed by atoms with Gasteiger partial charge in [0.2, 0.25) is 5.95 Å². The molecule has 10 nitrogen and oxygen atoms in total. The van der Waals surface area contributed by atoms with Crippen LogP contribution < -0.4 is 10.5 Å². The van der Waals surface area contributed by atoms with E-state index < -0.39 is 39.4 Å². The molecule has 1 aliphatic heterocycles. The van der Waals surface area contributed by atoms with E-state index in [0.29, 0.717) is 23.7 Å². The second kappa shape index (κ2) is 10.7. The van der Waals surface area contributed by atoms with Gasteiger partial charge in [-0.3, -0.25) is 9.36 Å². The Labute approximate surface area is 232 Å². The Morgan fingerprint density at radius 1 is 0.895 bits per heavy atom. The van der Waals surface area contributed by atoms with Gasteiger partial charge in [-0.25, -0.2) is 4.98 Å². The van der Waals surface area contributed by atoms with Gasteiger partial charge in [0.05, 0.1) is 12.9 Å². The lowest BCUT2D eigenvalue weighted by Crippen LogP contribution is -2.48. The fourth-order valence-electron chi connectivity index (χ4n) is 4.53. The zero-order chi connectivity index (χ0) is 29.0. The molecule has 1 saturated heterocycles. The second-order valence-corrected chi connectivity index (χ2v) is 32.5. The topological polar surface area (TPSA) is 92.9 Å². The quantitative estimate of drug-likeness (QED) is 0.368. The van der Waals surface area contributed by atoms with Crippen LogP contribution in [0, 0.1) is 0 Å². The highest BCUT2D eigenvalue weighted by atomic mass is 28.4. The third-order valence-electron chi connectivity index (χ3n) is 5.87. The first-order chi connectivity index (χ1) is 17.1. The van der Waals surface area contributed by atoms with Crippen LogP contribution in [-0.2, 0) is 18.0 Å². The minimum absolute atomic E-state index is 0.120. The van der Waals surface area contributed by atoms with E-state index >= 15 is 0 Å². The maximum atomic E-state index is 13.7. The molecule has 3 heterocycles. The minimum atomic E-state index is -2.08. The summed E-state index contributed by atoms with van der Waals surface area (Å²) < 4.78 is 30.3. The van der Waals surface area contributed by atoms with Crippen molar-refractivity contribution in [3.63, 3.8) is 0 Å². The van der Waals surface area contributed by atoms with Crippen molar-refractivity contribution >= 4 is 50.3 Å². The van der Waals surface area contributed by atoms with Crippen LogP contribution in [0.15, 0.2) is 11.1 Å². The third-order valence-corrected chi connectivity index (χ3v) is 10.6. The number of anilines is 1. The Bertz CT molecular complexity index is 1190. The SMILES string of the molecule is CN(C)c1nc2c(ncn2[C@@H]2O[C@H](CO[Si](C)(C)C)[C@@H](O[Si](C)(C)C)[C@H]2O[Si](C)(C)C)c(=O)n1[Si](C)(C)C. The maximum Gasteiger partial charge on any atom is 0.275 e. The Morgan fingerprint density at radius 3 is 1.92 bits per heavy atom. The van der Waals surface area contributed by atoms with Gasteiger partial charge < -0.3 is 27.1 Å². The number of hydrogen-bond acceptors (Lipinski definition) is 8. The number of aromatic nitrogens is 4. The molecule has 0 aliphatic carbocycles. The molecule has 1 fully saturated rings. The molecule has 4 atom stereocenters. The van der Waals surface area contributed by atoms with Crippen LogP contribution in [0.5, 0.6) is 0 Å². The van der Waals surface area contributed by atoms with Crippen molar-refractivity contribution in [3.8, 4) is 0 Å². The van der Waals surface area contributed by atoms with Crippen LogP contribution in [0.3, 0.4) is 0 Å². The summed E-state index contributed by atoms with van der Waals surface area (Å²) in [6.07, 6.45) is 0.125. The van der Waals surface area contributed by atoms with Gasteiger partial charge in [0.1, 0.15) is 18.3 Å². The molecule has 2 aromatic rings. The first-order valence-electron chi connectivity index (χ1n) is 13.4. The van der Waals surface area contributed by atoms with Gasteiger partial charge in [0.25, 0.3) is 5.56 Å². The van der Waals surface area contributed by atoms with Crippen molar-refractivity contribution in [2.24, 2.45) is 0 Å². The number of fused-ring (bicyclic) bond motifs is 1. The van der Waals surface area contributed by atoms with Gasteiger partial charge >= 0.3 is 0 Å². The van der Waals surface area contributed by atoms with Crippen molar-refractivity contribution in [1.82, 2.24) is 18.8 Å². The molecule has 0 unspecified atom stereocenters. The Morgan fingerprint density at radius 2 is 1.45 bits per heavy atom. The lowest BCUT2D eigenvalue weighted by atomic mass is 10.1. The van der Waals surface area contributed by atoms with Crippen LogP contribution in [0.4, 0.5) is 5.95 Å². The highest BCUT2D eigenvalue weighted by Gasteiger charge is 2.50. The van der Waals surface area contributed by atoms with E-state index in [4.69, 9.17) is 23.0 Å². The Kier molecular flexibility index (Phi) is 8.82. The van der Waals surface area contributed by atoms with Gasteiger partial charge in [-0.05, 0) is 58.9 Å². The molecule has 0 bridgehead atoms. The molecule has 0 aromatic carbocycles. The number of hydrogen-bond donors (Lipinski definition) is 0. The summed E-state index contributed by atoms with van der Waals surface area (Å²) in [5.41, 5.74) is 0.726. The molecule has 0 radical (unpaired) electrons. The number of imidazole rings is 1. The molecule has 216 valence electrons. The van der Waals surface area contributed by atoms with Gasteiger partial charge in [-0.1, -0.05) is 19.6 Å². The van der Waals surface area contributed by atoms with E-state index in [9.17, 15) is 4.79 Å². The van der Waals surface area contributed by atoms with E-state index in [0.717, 1.165) is 0 Å². The lowest BCUT2D eigenvalue weighted by molar-refractivity contribution is -0.0456. The molecule has 0 saturated carbocycles. The van der Waals surface area contributed by atoms with Crippen molar-refractivity contribution in [1.29, 1.82) is 0 Å². The normalized spacial score (nSPS) is 23.4. The third kappa shape index (κ3) is 7.33. The average molecular weight is 600 g/mol. The van der Waals surface area contributed by atoms with Gasteiger partial charge in [0, 0.05) is 14.1 Å². The molecule has 14 heteroatoms. The van der Waals surface area contributed by atoms with E-state index in [2.05, 4.69) is 83.5 Å². The zero-order valence-electron chi connectivity index (χ0n) is 25.9. The van der Waals surface area contributed by atoms with Crippen LogP contribution in [0.2, 0.25) is 78.6 Å². The number of ether oxygens (including phenoxy) is 1. The first kappa shape index (κ1) is 31.4. The predicted molar refractivity (Wildman–Crippen MR) is 165 cm³/mol. The Hall–Kier alpha value is -1.14. The van der Waals surface area contributed by atoms with Crippen LogP contribution in [0.25, 0.3) is 11.2 Å². The predicted octanol–water partition coefficient (Wildman–Crippen LogP) is 4.53. The summed E-state index contributed by atoms with van der Waals surface area (Å²) in [7, 11) is -4.04. The fraction of sp³-hybridized carbons (Fsp3) is 0.792. The number of nitrogens with zero attached hydrogens (tertiary/aromatic N) is 5. The van der Waals surface area contributed by atoms with E-state index in [1.165, 1.54) is 0 Å². The highest BCUT2D eigenvalue weighted by molar-refractivity contribution is 6.75. The molecular weight excluding hydrogens is 551 g/mol. The van der Waals surface area contributed by atoms with Crippen LogP contribution in [0.1, 0.15) is 6.23 Å². The minimum Gasteiger partial charge on any atom is -0.415 e. The molecule has 1 aliphatic rings. The molecule has 0 N–H and O–H groups in total. The van der Waals surface area contributed by atoms with Crippen molar-refractivity contribution in [2.45, 2.75) is 103 Å². The average Bonchev–Trinajstić information content (AvgIpc) is 3.24. The van der Waals surface area contributed by atoms with E-state index in [1.54, 1.807) is 6.33 Å². The van der Waals surface area contributed by atoms with Crippen LogP contribution >= 0.6 is 0 Å². The Balaban J connectivity index is 2.20. The highest BCUT2D eigenvalue weighted by Crippen LogP contribution is 2.38. The van der Waals surface area contributed by atoms with Crippen molar-refractivity contribution in [3.05, 3.63) is 16.7 Å². The molecular formula is C24H49N5O5Si4. The summed E-state index contributed by atoms with van der Waals surface area (Å²) >= 11 is 0. The zero-order valence-corrected chi connectivity index (χ0v) is 29.9. The number of rotatable bonds is 10. The molecule has 3 rings (SSSR count). The maximum absolute atomic E-state index is 13.7. The van der Waals surface area contributed by atoms with E-state index in [1.807, 2.05) is 27.8 Å². The summed E-state index contributed by atoms with van der Waals surface area (Å²) in [6, 6.07) is 0. The smallest absolute Gasteiger partial charge is 0.275 e. The molecule has 0 amide bonds. The van der Waals surface area contributed by atoms with Gasteiger partial charge in [-0.15, -0.1) is 0 Å². The molecule has 0 spiro atoms. The monoisotopic (exact) mass is 599 g/mol. The van der Waals surface area contributed by atoms with Gasteiger partial charge in [0.15, 0.2) is 50.6 Å². The van der Waals surface area contributed by atoms with Crippen LogP contribution in [-0.4, -0.2) is 91.0 Å². The summed E-state index contributed by atoms with van der Waals surface area (Å²) in [6.45, 7) is 26.4.